The molecular weight excluding hydrogens is 880 g/mol. The number of fused-ring (bicyclic) bond motifs is 1. The lowest BCUT2D eigenvalue weighted by Crippen LogP contribution is -2.53. The average Bonchev–Trinajstić information content (AvgIpc) is 4.02. The van der Waals surface area contributed by atoms with Gasteiger partial charge in [-0.05, 0) is 80.3 Å². The molecule has 2 heterocycles. The third kappa shape index (κ3) is 10.7. The lowest BCUT2D eigenvalue weighted by Gasteiger charge is -2.45. The number of esters is 1. The van der Waals surface area contributed by atoms with Crippen molar-refractivity contribution >= 4 is 41.6 Å². The van der Waals surface area contributed by atoms with Crippen LogP contribution in [0.1, 0.15) is 95.3 Å². The number of likely N-dealkylation sites (N-methyl/N-ethyl adjacent to an activating group) is 2. The number of carbonyl (C=O) groups is 5. The van der Waals surface area contributed by atoms with Crippen molar-refractivity contribution in [2.75, 3.05) is 74.3 Å². The van der Waals surface area contributed by atoms with Gasteiger partial charge in [-0.2, -0.15) is 0 Å². The fourth-order valence-electron chi connectivity index (χ4n) is 9.81. The Balaban J connectivity index is 1.11. The molecule has 7 rings (SSSR count). The van der Waals surface area contributed by atoms with Crippen LogP contribution in [0.25, 0.3) is 0 Å². The standard InChI is InChI=1S/C50H63ClN6O10/c1-49(48(62)67-28-33-13-14-34(63-4)24-43(33)64-5)18-9-8-12-37(49)47(61)57-21-17-36-38(51)15-16-42(45(36)40(57)26-56-31-50(19-20-50)25-44(56)59)66-29-39(52)41(55(3)53)30-65-23-22-54(2)46(60)35-11-7-6-10-32(35)27-58/h6-7,10-11,13-16,24,27,37,40H,8-9,12,17-23,25-26,28-31,52-53H2,1-5H3/b41-39-/t37?,40?,49-/m0/s1. The van der Waals surface area contributed by atoms with Crippen LogP contribution in [-0.2, 0) is 36.9 Å². The van der Waals surface area contributed by atoms with E-state index in [0.717, 1.165) is 31.2 Å². The smallest absolute Gasteiger partial charge is 0.312 e. The van der Waals surface area contributed by atoms with Crippen molar-refractivity contribution in [2.45, 2.75) is 70.9 Å². The van der Waals surface area contributed by atoms with Crippen molar-refractivity contribution in [1.82, 2.24) is 19.7 Å². The van der Waals surface area contributed by atoms with E-state index in [-0.39, 0.29) is 68.4 Å². The third-order valence-electron chi connectivity index (χ3n) is 14.1. The van der Waals surface area contributed by atoms with Crippen LogP contribution in [0.2, 0.25) is 5.02 Å². The number of ether oxygens (including phenoxy) is 5. The molecule has 4 aliphatic rings. The van der Waals surface area contributed by atoms with Crippen LogP contribution in [-0.4, -0.2) is 124 Å². The number of rotatable bonds is 19. The molecule has 1 spiro atoms. The summed E-state index contributed by atoms with van der Waals surface area (Å²) in [6.45, 7) is 3.25. The molecule has 67 heavy (non-hydrogen) atoms. The molecule has 1 saturated heterocycles. The van der Waals surface area contributed by atoms with Crippen molar-refractivity contribution in [2.24, 2.45) is 28.3 Å². The third-order valence-corrected chi connectivity index (χ3v) is 14.4. The second-order valence-electron chi connectivity index (χ2n) is 18.5. The van der Waals surface area contributed by atoms with E-state index in [1.807, 2.05) is 16.7 Å². The van der Waals surface area contributed by atoms with Gasteiger partial charge in [-0.15, -0.1) is 0 Å². The molecule has 0 bridgehead atoms. The minimum absolute atomic E-state index is 0.00777. The largest absolute Gasteiger partial charge is 0.497 e. The van der Waals surface area contributed by atoms with E-state index < -0.39 is 23.3 Å². The number of amides is 3. The number of hydrogen-bond donors (Lipinski definition) is 2. The number of benzene rings is 3. The summed E-state index contributed by atoms with van der Waals surface area (Å²) in [5.74, 6) is 6.24. The Bertz CT molecular complexity index is 2390. The summed E-state index contributed by atoms with van der Waals surface area (Å²) in [6, 6.07) is 14.8. The molecule has 17 heteroatoms. The Morgan fingerprint density at radius 3 is 2.46 bits per heavy atom. The maximum absolute atomic E-state index is 15.3. The van der Waals surface area contributed by atoms with Gasteiger partial charge in [0.25, 0.3) is 5.91 Å². The molecule has 360 valence electrons. The number of methoxy groups -OCH3 is 2. The fraction of sp³-hybridized carbons (Fsp3) is 0.500. The number of nitrogens with zero attached hydrogens (tertiary/aromatic N) is 4. The van der Waals surface area contributed by atoms with E-state index in [2.05, 4.69) is 0 Å². The van der Waals surface area contributed by atoms with Gasteiger partial charge in [0, 0.05) is 74.5 Å². The highest BCUT2D eigenvalue weighted by Gasteiger charge is 2.54. The second-order valence-corrected chi connectivity index (χ2v) is 18.9. The van der Waals surface area contributed by atoms with Crippen molar-refractivity contribution in [3.8, 4) is 17.2 Å². The first kappa shape index (κ1) is 49.1. The van der Waals surface area contributed by atoms with Crippen LogP contribution >= 0.6 is 11.6 Å². The Morgan fingerprint density at radius 2 is 1.76 bits per heavy atom. The number of hydrazine groups is 1. The first-order chi connectivity index (χ1) is 32.1. The maximum atomic E-state index is 15.3. The zero-order valence-corrected chi connectivity index (χ0v) is 39.9. The van der Waals surface area contributed by atoms with E-state index in [0.29, 0.717) is 95.3 Å². The molecule has 3 fully saturated rings. The number of likely N-dealkylation sites (tertiary alicyclic amines) is 1. The van der Waals surface area contributed by atoms with E-state index in [1.54, 1.807) is 82.9 Å². The SMILES string of the molecule is COc1ccc(COC(=O)[C@@]2(C)CCCCC2C(=O)N2CCc3c(Cl)ccc(OC/C(N)=C(\COCCN(C)C(=O)c4ccccc4C=O)N(C)N)c3C2CN2CC3(CC3)CC2=O)c(OC)c1. The van der Waals surface area contributed by atoms with Crippen LogP contribution < -0.4 is 25.8 Å². The monoisotopic (exact) mass is 942 g/mol. The summed E-state index contributed by atoms with van der Waals surface area (Å²) < 4.78 is 29.4. The maximum Gasteiger partial charge on any atom is 0.312 e. The molecule has 2 aliphatic carbocycles. The summed E-state index contributed by atoms with van der Waals surface area (Å²) in [5.41, 5.74) is 9.05. The summed E-state index contributed by atoms with van der Waals surface area (Å²) in [7, 11) is 6.37. The predicted octanol–water partition coefficient (Wildman–Crippen LogP) is 5.69. The van der Waals surface area contributed by atoms with Crippen LogP contribution in [0.4, 0.5) is 0 Å². The number of hydrogen-bond acceptors (Lipinski definition) is 13. The van der Waals surface area contributed by atoms with Gasteiger partial charge in [-0.1, -0.05) is 42.6 Å². The van der Waals surface area contributed by atoms with Crippen molar-refractivity contribution in [3.63, 3.8) is 0 Å². The molecule has 3 aromatic rings. The quantitative estimate of drug-likeness (QED) is 0.0490. The molecule has 2 saturated carbocycles. The summed E-state index contributed by atoms with van der Waals surface area (Å²) in [6.07, 6.45) is 6.03. The van der Waals surface area contributed by atoms with Gasteiger partial charge in [-0.25, -0.2) is 5.84 Å². The van der Waals surface area contributed by atoms with E-state index in [9.17, 15) is 19.2 Å². The minimum Gasteiger partial charge on any atom is -0.497 e. The molecule has 0 aromatic heterocycles. The number of halogens is 1. The van der Waals surface area contributed by atoms with E-state index in [4.69, 9.17) is 46.9 Å². The van der Waals surface area contributed by atoms with E-state index in [1.165, 1.54) is 9.91 Å². The zero-order chi connectivity index (χ0) is 48.0. The Labute approximate surface area is 397 Å². The molecule has 3 atom stereocenters. The van der Waals surface area contributed by atoms with Gasteiger partial charge in [0.2, 0.25) is 11.8 Å². The van der Waals surface area contributed by atoms with Crippen LogP contribution in [0.15, 0.2) is 66.0 Å². The molecule has 4 N–H and O–H groups in total. The Kier molecular flexibility index (Phi) is 15.4. The topological polar surface area (TPSA) is 196 Å². The van der Waals surface area contributed by atoms with Crippen molar-refractivity contribution in [3.05, 3.63) is 98.8 Å². The van der Waals surface area contributed by atoms with Gasteiger partial charge < -0.3 is 49.1 Å². The van der Waals surface area contributed by atoms with Crippen LogP contribution in [0, 0.1) is 16.7 Å². The highest BCUT2D eigenvalue weighted by atomic mass is 35.5. The lowest BCUT2D eigenvalue weighted by molar-refractivity contribution is -0.169. The van der Waals surface area contributed by atoms with Crippen LogP contribution in [0.5, 0.6) is 17.2 Å². The summed E-state index contributed by atoms with van der Waals surface area (Å²) in [4.78, 5) is 72.9. The van der Waals surface area contributed by atoms with Gasteiger partial charge in [-0.3, -0.25) is 24.0 Å². The number of nitrogens with two attached hydrogens (primary N) is 2. The highest BCUT2D eigenvalue weighted by Crippen LogP contribution is 2.54. The molecular formula is C50H63ClN6O10. The fourth-order valence-corrected chi connectivity index (χ4v) is 10.1. The molecule has 16 nitrogen and oxygen atoms in total. The number of aldehydes is 1. The molecule has 3 aromatic carbocycles. The zero-order valence-electron chi connectivity index (χ0n) is 39.1. The highest BCUT2D eigenvalue weighted by molar-refractivity contribution is 6.31. The summed E-state index contributed by atoms with van der Waals surface area (Å²) in [5, 5.41) is 1.86. The average molecular weight is 944 g/mol. The molecule has 2 unspecified atom stereocenters. The molecule has 0 radical (unpaired) electrons. The van der Waals surface area contributed by atoms with Gasteiger partial charge in [0.1, 0.15) is 30.5 Å². The molecule has 3 amide bonds. The lowest BCUT2D eigenvalue weighted by atomic mass is 9.66. The normalized spacial score (nSPS) is 21.0. The van der Waals surface area contributed by atoms with E-state index >= 15 is 4.79 Å². The van der Waals surface area contributed by atoms with Crippen LogP contribution in [0.3, 0.4) is 0 Å². The van der Waals surface area contributed by atoms with Crippen molar-refractivity contribution < 1.29 is 47.7 Å². The predicted molar refractivity (Wildman–Crippen MR) is 250 cm³/mol. The van der Waals surface area contributed by atoms with Gasteiger partial charge in [0.05, 0.1) is 61.8 Å². The Hall–Kier alpha value is -5.84. The molecule has 2 aliphatic heterocycles. The first-order valence-electron chi connectivity index (χ1n) is 22.9. The number of carbonyl (C=O) groups excluding carboxylic acids is 5. The summed E-state index contributed by atoms with van der Waals surface area (Å²) >= 11 is 6.95. The van der Waals surface area contributed by atoms with Gasteiger partial charge >= 0.3 is 5.97 Å². The Morgan fingerprint density at radius 1 is 0.985 bits per heavy atom. The second kappa shape index (κ2) is 21.0. The first-order valence-corrected chi connectivity index (χ1v) is 23.2. The van der Waals surface area contributed by atoms with Gasteiger partial charge in [0.15, 0.2) is 6.29 Å². The van der Waals surface area contributed by atoms with Crippen molar-refractivity contribution in [1.29, 1.82) is 0 Å². The minimum atomic E-state index is -1.12.